The minimum atomic E-state index is 0.395. The summed E-state index contributed by atoms with van der Waals surface area (Å²) in [5.74, 6) is 3.01. The van der Waals surface area contributed by atoms with E-state index in [9.17, 15) is 0 Å². The molecule has 2 aromatic rings. The third kappa shape index (κ3) is 3.99. The number of methoxy groups -OCH3 is 1. The number of rotatable bonds is 6. The van der Waals surface area contributed by atoms with Crippen molar-refractivity contribution in [3.05, 3.63) is 47.4 Å². The minimum Gasteiger partial charge on any atom is -0.496 e. The van der Waals surface area contributed by atoms with Crippen LogP contribution in [0.5, 0.6) is 5.75 Å². The van der Waals surface area contributed by atoms with Crippen LogP contribution in [0.15, 0.2) is 30.3 Å². The van der Waals surface area contributed by atoms with E-state index >= 15 is 0 Å². The van der Waals surface area contributed by atoms with Crippen molar-refractivity contribution >= 4 is 5.82 Å². The number of hydrogen-bond donors (Lipinski definition) is 1. The smallest absolute Gasteiger partial charge is 0.129 e. The lowest BCUT2D eigenvalue weighted by Crippen LogP contribution is -2.10. The number of anilines is 1. The highest BCUT2D eigenvalue weighted by molar-refractivity contribution is 5.39. The Labute approximate surface area is 137 Å². The van der Waals surface area contributed by atoms with Gasteiger partial charge in [0.05, 0.1) is 19.4 Å². The number of nitrogens with zero attached hydrogens (tertiary/aromatic N) is 2. The van der Waals surface area contributed by atoms with Crippen LogP contribution in [0.25, 0.3) is 0 Å². The molecule has 0 unspecified atom stereocenters. The van der Waals surface area contributed by atoms with Gasteiger partial charge in [-0.1, -0.05) is 18.2 Å². The first-order valence-corrected chi connectivity index (χ1v) is 8.05. The fourth-order valence-corrected chi connectivity index (χ4v) is 2.89. The number of benzene rings is 1. The SMILES string of the molecule is COc1ccccc1CCNc1cc([C@H]2CCOC2)nc(C)n1. The lowest BCUT2D eigenvalue weighted by molar-refractivity contribution is 0.193. The lowest BCUT2D eigenvalue weighted by Gasteiger charge is -2.12. The normalized spacial score (nSPS) is 17.2. The van der Waals surface area contributed by atoms with Gasteiger partial charge in [0.25, 0.3) is 0 Å². The van der Waals surface area contributed by atoms with E-state index in [4.69, 9.17) is 9.47 Å². The summed E-state index contributed by atoms with van der Waals surface area (Å²) in [5.41, 5.74) is 2.27. The summed E-state index contributed by atoms with van der Waals surface area (Å²) in [7, 11) is 1.70. The summed E-state index contributed by atoms with van der Waals surface area (Å²) >= 11 is 0. The zero-order valence-corrected chi connectivity index (χ0v) is 13.7. The van der Waals surface area contributed by atoms with Crippen LogP contribution in [0.1, 0.15) is 29.4 Å². The third-order valence-corrected chi connectivity index (χ3v) is 4.10. The zero-order chi connectivity index (χ0) is 16.1. The predicted octanol–water partition coefficient (Wildman–Crippen LogP) is 2.95. The average Bonchev–Trinajstić information content (AvgIpc) is 3.09. The molecule has 2 heterocycles. The van der Waals surface area contributed by atoms with Crippen molar-refractivity contribution in [3.8, 4) is 5.75 Å². The van der Waals surface area contributed by atoms with E-state index in [2.05, 4.69) is 27.4 Å². The molecule has 5 heteroatoms. The first-order valence-electron chi connectivity index (χ1n) is 8.05. The molecule has 1 aromatic carbocycles. The summed E-state index contributed by atoms with van der Waals surface area (Å²) in [6.07, 6.45) is 1.92. The molecular weight excluding hydrogens is 290 g/mol. The summed E-state index contributed by atoms with van der Waals surface area (Å²) in [5, 5.41) is 3.40. The van der Waals surface area contributed by atoms with Crippen molar-refractivity contribution in [3.63, 3.8) is 0 Å². The zero-order valence-electron chi connectivity index (χ0n) is 13.7. The van der Waals surface area contributed by atoms with E-state index < -0.39 is 0 Å². The van der Waals surface area contributed by atoms with Gasteiger partial charge in [-0.15, -0.1) is 0 Å². The Bertz CT molecular complexity index is 654. The van der Waals surface area contributed by atoms with Crippen molar-refractivity contribution in [1.29, 1.82) is 0 Å². The van der Waals surface area contributed by atoms with Crippen LogP contribution < -0.4 is 10.1 Å². The lowest BCUT2D eigenvalue weighted by atomic mass is 10.0. The summed E-state index contributed by atoms with van der Waals surface area (Å²) < 4.78 is 10.8. The van der Waals surface area contributed by atoms with E-state index in [1.54, 1.807) is 7.11 Å². The number of para-hydroxylation sites is 1. The number of aromatic nitrogens is 2. The van der Waals surface area contributed by atoms with Gasteiger partial charge in [-0.2, -0.15) is 0 Å². The molecule has 1 N–H and O–H groups in total. The Morgan fingerprint density at radius 1 is 1.30 bits per heavy atom. The first kappa shape index (κ1) is 15.7. The van der Waals surface area contributed by atoms with Crippen LogP contribution in [0, 0.1) is 6.92 Å². The molecule has 0 spiro atoms. The van der Waals surface area contributed by atoms with E-state index in [0.717, 1.165) is 55.7 Å². The van der Waals surface area contributed by atoms with Crippen molar-refractivity contribution < 1.29 is 9.47 Å². The molecule has 122 valence electrons. The van der Waals surface area contributed by atoms with Crippen LogP contribution in [0.4, 0.5) is 5.82 Å². The standard InChI is InChI=1S/C18H23N3O2/c1-13-20-16(15-8-10-23-12-15)11-18(21-13)19-9-7-14-5-3-4-6-17(14)22-2/h3-6,11,15H,7-10,12H2,1-2H3,(H,19,20,21)/t15-/m0/s1. The van der Waals surface area contributed by atoms with Gasteiger partial charge in [0.2, 0.25) is 0 Å². The molecule has 1 atom stereocenters. The van der Waals surface area contributed by atoms with Gasteiger partial charge < -0.3 is 14.8 Å². The van der Waals surface area contributed by atoms with Crippen LogP contribution in [0.3, 0.4) is 0 Å². The molecule has 5 nitrogen and oxygen atoms in total. The van der Waals surface area contributed by atoms with Crippen LogP contribution in [0.2, 0.25) is 0 Å². The Hall–Kier alpha value is -2.14. The van der Waals surface area contributed by atoms with Crippen molar-refractivity contribution in [2.75, 3.05) is 32.2 Å². The molecule has 0 saturated carbocycles. The second kappa shape index (κ2) is 7.42. The number of aryl methyl sites for hydroxylation is 1. The highest BCUT2D eigenvalue weighted by Gasteiger charge is 2.20. The van der Waals surface area contributed by atoms with E-state index in [-0.39, 0.29) is 0 Å². The summed E-state index contributed by atoms with van der Waals surface area (Å²) in [6, 6.07) is 10.1. The first-order chi connectivity index (χ1) is 11.3. The molecule has 0 radical (unpaired) electrons. The van der Waals surface area contributed by atoms with Gasteiger partial charge in [0.15, 0.2) is 0 Å². The molecule has 23 heavy (non-hydrogen) atoms. The monoisotopic (exact) mass is 313 g/mol. The molecule has 1 fully saturated rings. The maximum atomic E-state index is 5.46. The Morgan fingerprint density at radius 2 is 2.17 bits per heavy atom. The van der Waals surface area contributed by atoms with Gasteiger partial charge in [-0.05, 0) is 31.4 Å². The van der Waals surface area contributed by atoms with E-state index in [0.29, 0.717) is 5.92 Å². The van der Waals surface area contributed by atoms with Crippen molar-refractivity contribution in [2.24, 2.45) is 0 Å². The molecular formula is C18H23N3O2. The second-order valence-electron chi connectivity index (χ2n) is 5.77. The molecule has 0 amide bonds. The van der Waals surface area contributed by atoms with E-state index in [1.807, 2.05) is 25.1 Å². The second-order valence-corrected chi connectivity index (χ2v) is 5.77. The topological polar surface area (TPSA) is 56.3 Å². The molecule has 1 saturated heterocycles. The molecule has 3 rings (SSSR count). The molecule has 1 aliphatic heterocycles. The quantitative estimate of drug-likeness (QED) is 0.888. The predicted molar refractivity (Wildman–Crippen MR) is 90.1 cm³/mol. The third-order valence-electron chi connectivity index (χ3n) is 4.10. The number of ether oxygens (including phenoxy) is 2. The maximum Gasteiger partial charge on any atom is 0.129 e. The van der Waals surface area contributed by atoms with Gasteiger partial charge >= 0.3 is 0 Å². The van der Waals surface area contributed by atoms with Gasteiger partial charge in [-0.3, -0.25) is 0 Å². The maximum absolute atomic E-state index is 5.46. The number of hydrogen-bond acceptors (Lipinski definition) is 5. The molecule has 0 bridgehead atoms. The highest BCUT2D eigenvalue weighted by atomic mass is 16.5. The van der Waals surface area contributed by atoms with E-state index in [1.165, 1.54) is 5.56 Å². The highest BCUT2D eigenvalue weighted by Crippen LogP contribution is 2.25. The molecule has 0 aliphatic carbocycles. The van der Waals surface area contributed by atoms with Gasteiger partial charge in [0, 0.05) is 25.1 Å². The van der Waals surface area contributed by atoms with Crippen molar-refractivity contribution in [2.45, 2.75) is 25.7 Å². The Balaban J connectivity index is 1.63. The molecule has 1 aliphatic rings. The summed E-state index contributed by atoms with van der Waals surface area (Å²) in [6.45, 7) is 4.32. The van der Waals surface area contributed by atoms with Gasteiger partial charge in [-0.25, -0.2) is 9.97 Å². The largest absolute Gasteiger partial charge is 0.496 e. The van der Waals surface area contributed by atoms with Crippen molar-refractivity contribution in [1.82, 2.24) is 9.97 Å². The average molecular weight is 313 g/mol. The Morgan fingerprint density at radius 3 is 2.96 bits per heavy atom. The van der Waals surface area contributed by atoms with Crippen LogP contribution in [-0.4, -0.2) is 36.8 Å². The fraction of sp³-hybridized carbons (Fsp3) is 0.444. The Kier molecular flexibility index (Phi) is 5.08. The minimum absolute atomic E-state index is 0.395. The summed E-state index contributed by atoms with van der Waals surface area (Å²) in [4.78, 5) is 9.04. The van der Waals surface area contributed by atoms with Crippen LogP contribution in [-0.2, 0) is 11.2 Å². The van der Waals surface area contributed by atoms with Gasteiger partial charge in [0.1, 0.15) is 17.4 Å². The number of nitrogens with one attached hydrogen (secondary N) is 1. The fourth-order valence-electron chi connectivity index (χ4n) is 2.89. The molecule has 1 aromatic heterocycles. The van der Waals surface area contributed by atoms with Crippen LogP contribution >= 0.6 is 0 Å².